The Morgan fingerprint density at radius 2 is 2.06 bits per heavy atom. The molecule has 0 fully saturated rings. The predicted octanol–water partition coefficient (Wildman–Crippen LogP) is -1.55. The van der Waals surface area contributed by atoms with Gasteiger partial charge in [-0.2, -0.15) is 0 Å². The van der Waals surface area contributed by atoms with E-state index in [4.69, 9.17) is 0 Å². The number of hydrogen-bond donors (Lipinski definition) is 0. The Labute approximate surface area is 111 Å². The summed E-state index contributed by atoms with van der Waals surface area (Å²) >= 11 is 0. The van der Waals surface area contributed by atoms with Crippen molar-refractivity contribution < 1.29 is 38.1 Å². The number of benzene rings is 1. The lowest BCUT2D eigenvalue weighted by Crippen LogP contribution is -3.00. The fourth-order valence-electron chi connectivity index (χ4n) is 1.61. The maximum atomic E-state index is 11.3. The Kier molecular flexibility index (Phi) is 4.23. The molecule has 2 aromatic rings. The van der Waals surface area contributed by atoms with E-state index in [1.807, 2.05) is 42.1 Å². The number of fused-ring (bicyclic) bond motifs is 1. The van der Waals surface area contributed by atoms with Crippen LogP contribution in [-0.4, -0.2) is 13.1 Å². The second-order valence-electron chi connectivity index (χ2n) is 3.38. The highest BCUT2D eigenvalue weighted by Crippen LogP contribution is 2.12. The smallest absolute Gasteiger partial charge is 0.337 e. The van der Waals surface area contributed by atoms with Gasteiger partial charge < -0.3 is 28.7 Å². The van der Waals surface area contributed by atoms with Crippen LogP contribution in [0, 0.1) is 0 Å². The van der Waals surface area contributed by atoms with E-state index in [2.05, 4.69) is 4.74 Å². The number of hydrogen-bond acceptors (Lipinski definition) is 2. The molecule has 0 amide bonds. The van der Waals surface area contributed by atoms with Crippen LogP contribution in [0.4, 0.5) is 0 Å². The standard InChI is InChI=1S/C12H12NO2.HI/c1-13-7-3-4-9-8-10(12(14)15-2)5-6-11(9)13;/h3-8H,1-2H3;1H/q+1;/p-1. The summed E-state index contributed by atoms with van der Waals surface area (Å²) in [5, 5.41) is 1.03. The summed E-state index contributed by atoms with van der Waals surface area (Å²) in [6.07, 6.45) is 1.97. The molecule has 1 aromatic carbocycles. The number of aryl methyl sites for hydroxylation is 1. The molecule has 0 saturated carbocycles. The largest absolute Gasteiger partial charge is 1.00 e. The fourth-order valence-corrected chi connectivity index (χ4v) is 1.61. The lowest BCUT2D eigenvalue weighted by molar-refractivity contribution is -0.644. The highest BCUT2D eigenvalue weighted by molar-refractivity contribution is 5.93. The Morgan fingerprint density at radius 3 is 2.75 bits per heavy atom. The Hall–Kier alpha value is -1.17. The minimum atomic E-state index is -0.302. The summed E-state index contributed by atoms with van der Waals surface area (Å²) in [5.41, 5.74) is 1.67. The molecule has 4 heteroatoms. The van der Waals surface area contributed by atoms with Gasteiger partial charge in [-0.1, -0.05) is 0 Å². The molecule has 16 heavy (non-hydrogen) atoms. The quantitative estimate of drug-likeness (QED) is 0.361. The van der Waals surface area contributed by atoms with Crippen molar-refractivity contribution in [2.45, 2.75) is 0 Å². The third-order valence-electron chi connectivity index (χ3n) is 2.41. The summed E-state index contributed by atoms with van der Waals surface area (Å²) in [6.45, 7) is 0. The molecular weight excluding hydrogens is 317 g/mol. The van der Waals surface area contributed by atoms with Gasteiger partial charge in [0, 0.05) is 17.5 Å². The number of esters is 1. The summed E-state index contributed by atoms with van der Waals surface area (Å²) in [4.78, 5) is 11.3. The topological polar surface area (TPSA) is 30.2 Å². The Bertz CT molecular complexity index is 525. The number of halogens is 1. The SMILES string of the molecule is COC(=O)c1ccc2c(ccc[n+]2C)c1.[I-]. The zero-order valence-corrected chi connectivity index (χ0v) is 11.3. The molecule has 0 atom stereocenters. The van der Waals surface area contributed by atoms with E-state index < -0.39 is 0 Å². The van der Waals surface area contributed by atoms with Crippen LogP contribution in [0.3, 0.4) is 0 Å². The second-order valence-corrected chi connectivity index (χ2v) is 3.38. The van der Waals surface area contributed by atoms with Crippen molar-refractivity contribution in [3.63, 3.8) is 0 Å². The molecule has 1 heterocycles. The van der Waals surface area contributed by atoms with Crippen LogP contribution < -0.4 is 28.5 Å². The van der Waals surface area contributed by atoms with E-state index >= 15 is 0 Å². The zero-order valence-electron chi connectivity index (χ0n) is 9.11. The summed E-state index contributed by atoms with van der Waals surface area (Å²) in [7, 11) is 3.36. The molecule has 0 aliphatic rings. The second kappa shape index (κ2) is 5.25. The summed E-state index contributed by atoms with van der Waals surface area (Å²) in [6, 6.07) is 9.45. The van der Waals surface area contributed by atoms with Gasteiger partial charge in [-0.25, -0.2) is 9.36 Å². The van der Waals surface area contributed by atoms with Gasteiger partial charge in [-0.05, 0) is 18.2 Å². The average Bonchev–Trinajstić information content (AvgIpc) is 2.28. The first kappa shape index (κ1) is 12.9. The average molecular weight is 329 g/mol. The molecule has 0 aliphatic heterocycles. The third-order valence-corrected chi connectivity index (χ3v) is 2.41. The highest BCUT2D eigenvalue weighted by atomic mass is 127. The number of pyridine rings is 1. The summed E-state index contributed by atoms with van der Waals surface area (Å²) < 4.78 is 6.68. The van der Waals surface area contributed by atoms with Crippen LogP contribution in [0.5, 0.6) is 0 Å². The predicted molar refractivity (Wildman–Crippen MR) is 56.5 cm³/mol. The van der Waals surface area contributed by atoms with Gasteiger partial charge in [0.15, 0.2) is 6.20 Å². The van der Waals surface area contributed by atoms with Gasteiger partial charge in [0.2, 0.25) is 5.52 Å². The molecule has 3 nitrogen and oxygen atoms in total. The Morgan fingerprint density at radius 1 is 1.31 bits per heavy atom. The van der Waals surface area contributed by atoms with E-state index in [1.165, 1.54) is 7.11 Å². The normalized spacial score (nSPS) is 9.62. The molecule has 84 valence electrons. The molecule has 0 unspecified atom stereocenters. The van der Waals surface area contributed by atoms with Gasteiger partial charge in [0.25, 0.3) is 0 Å². The lowest BCUT2D eigenvalue weighted by Gasteiger charge is -2.00. The molecule has 2 rings (SSSR count). The van der Waals surface area contributed by atoms with Crippen LogP contribution in [0.1, 0.15) is 10.4 Å². The number of ether oxygens (including phenoxy) is 1. The van der Waals surface area contributed by atoms with Crippen LogP contribution in [0.25, 0.3) is 10.9 Å². The molecule has 0 aliphatic carbocycles. The van der Waals surface area contributed by atoms with Gasteiger partial charge >= 0.3 is 5.97 Å². The van der Waals surface area contributed by atoms with Crippen LogP contribution in [-0.2, 0) is 11.8 Å². The van der Waals surface area contributed by atoms with Crippen molar-refractivity contribution in [1.82, 2.24) is 0 Å². The van der Waals surface area contributed by atoms with Crippen LogP contribution >= 0.6 is 0 Å². The lowest BCUT2D eigenvalue weighted by atomic mass is 10.1. The first-order chi connectivity index (χ1) is 7.22. The maximum Gasteiger partial charge on any atom is 0.337 e. The van der Waals surface area contributed by atoms with Gasteiger partial charge in [0.1, 0.15) is 7.05 Å². The number of nitrogens with zero attached hydrogens (tertiary/aromatic N) is 1. The first-order valence-electron chi connectivity index (χ1n) is 4.69. The number of rotatable bonds is 1. The first-order valence-corrected chi connectivity index (χ1v) is 4.69. The number of carbonyl (C=O) groups is 1. The van der Waals surface area contributed by atoms with Crippen LogP contribution in [0.2, 0.25) is 0 Å². The molecule has 0 bridgehead atoms. The van der Waals surface area contributed by atoms with Gasteiger partial charge in [0.05, 0.1) is 12.7 Å². The van der Waals surface area contributed by atoms with Crippen molar-refractivity contribution >= 4 is 16.9 Å². The minimum Gasteiger partial charge on any atom is -1.00 e. The van der Waals surface area contributed by atoms with E-state index in [9.17, 15) is 4.79 Å². The number of carbonyl (C=O) groups excluding carboxylic acids is 1. The molecule has 0 N–H and O–H groups in total. The van der Waals surface area contributed by atoms with E-state index in [-0.39, 0.29) is 29.9 Å². The van der Waals surface area contributed by atoms with Crippen LogP contribution in [0.15, 0.2) is 36.5 Å². The summed E-state index contributed by atoms with van der Waals surface area (Å²) in [5.74, 6) is -0.302. The number of methoxy groups -OCH3 is 1. The highest BCUT2D eigenvalue weighted by Gasteiger charge is 2.09. The maximum absolute atomic E-state index is 11.3. The van der Waals surface area contributed by atoms with E-state index in [0.29, 0.717) is 5.56 Å². The monoisotopic (exact) mass is 329 g/mol. The van der Waals surface area contributed by atoms with Gasteiger partial charge in [-0.15, -0.1) is 0 Å². The number of aromatic nitrogens is 1. The molecule has 0 radical (unpaired) electrons. The van der Waals surface area contributed by atoms with E-state index in [0.717, 1.165) is 10.9 Å². The van der Waals surface area contributed by atoms with Crippen molar-refractivity contribution in [3.8, 4) is 0 Å². The molecule has 0 spiro atoms. The van der Waals surface area contributed by atoms with Gasteiger partial charge in [-0.3, -0.25) is 0 Å². The zero-order chi connectivity index (χ0) is 10.8. The molecule has 1 aromatic heterocycles. The molecular formula is C12H12INO2. The van der Waals surface area contributed by atoms with E-state index in [1.54, 1.807) is 6.07 Å². The molecule has 0 saturated heterocycles. The van der Waals surface area contributed by atoms with Crippen molar-refractivity contribution in [2.24, 2.45) is 7.05 Å². The van der Waals surface area contributed by atoms with Crippen molar-refractivity contribution in [2.75, 3.05) is 7.11 Å². The van der Waals surface area contributed by atoms with Crippen molar-refractivity contribution in [1.29, 1.82) is 0 Å². The Balaban J connectivity index is 0.00000128. The van der Waals surface area contributed by atoms with Crippen molar-refractivity contribution in [3.05, 3.63) is 42.1 Å². The third kappa shape index (κ3) is 2.32. The fraction of sp³-hybridized carbons (Fsp3) is 0.167. The minimum absolute atomic E-state index is 0.